The predicted molar refractivity (Wildman–Crippen MR) is 87.9 cm³/mol. The fourth-order valence-corrected chi connectivity index (χ4v) is 3.02. The van der Waals surface area contributed by atoms with E-state index in [4.69, 9.17) is 14.9 Å². The number of allylic oxidation sites excluding steroid dienone is 3. The first-order chi connectivity index (χ1) is 10.8. The number of rotatable bonds is 10. The van der Waals surface area contributed by atoms with Gasteiger partial charge < -0.3 is 14.9 Å². The van der Waals surface area contributed by atoms with E-state index < -0.39 is 5.97 Å². The van der Waals surface area contributed by atoms with E-state index in [1.54, 1.807) is 6.92 Å². The van der Waals surface area contributed by atoms with Crippen LogP contribution in [0.1, 0.15) is 52.9 Å². The van der Waals surface area contributed by atoms with Crippen LogP contribution in [0, 0.1) is 11.8 Å². The number of aliphatic carboxylic acids is 1. The second-order valence-corrected chi connectivity index (χ2v) is 6.58. The lowest BCUT2D eigenvalue weighted by molar-refractivity contribution is -0.189. The average Bonchev–Trinajstić information content (AvgIpc) is 2.40. The van der Waals surface area contributed by atoms with Crippen molar-refractivity contribution < 1.29 is 24.5 Å². The molecule has 0 aliphatic carbocycles. The number of carbonyl (C=O) groups excluding carboxylic acids is 1. The summed E-state index contributed by atoms with van der Waals surface area (Å²) in [6.07, 6.45) is 7.92. The first-order valence-corrected chi connectivity index (χ1v) is 8.23. The van der Waals surface area contributed by atoms with Crippen LogP contribution in [-0.2, 0) is 14.3 Å². The number of carboxylic acid groups (broad SMARTS) is 1. The van der Waals surface area contributed by atoms with Crippen LogP contribution in [-0.4, -0.2) is 34.9 Å². The fraction of sp³-hybridized carbons (Fsp3) is 0.667. The summed E-state index contributed by atoms with van der Waals surface area (Å²) >= 11 is 0. The molecule has 0 aromatic rings. The van der Waals surface area contributed by atoms with Gasteiger partial charge in [0.05, 0.1) is 6.61 Å². The van der Waals surface area contributed by atoms with Gasteiger partial charge in [-0.25, -0.2) is 4.79 Å². The molecule has 1 fully saturated rings. The van der Waals surface area contributed by atoms with Crippen molar-refractivity contribution in [3.8, 4) is 0 Å². The van der Waals surface area contributed by atoms with Crippen LogP contribution in [0.3, 0.4) is 0 Å². The van der Waals surface area contributed by atoms with Crippen LogP contribution in [0.2, 0.25) is 0 Å². The molecule has 0 saturated carbocycles. The molecule has 0 amide bonds. The maximum absolute atomic E-state index is 11.1. The van der Waals surface area contributed by atoms with Crippen molar-refractivity contribution in [2.45, 2.75) is 59.0 Å². The highest BCUT2D eigenvalue weighted by molar-refractivity contribution is 5.81. The molecule has 0 aromatic heterocycles. The van der Waals surface area contributed by atoms with Crippen molar-refractivity contribution in [3.63, 3.8) is 0 Å². The van der Waals surface area contributed by atoms with Gasteiger partial charge in [-0.3, -0.25) is 4.79 Å². The Bertz CT molecular complexity index is 478. The van der Waals surface area contributed by atoms with E-state index in [9.17, 15) is 9.59 Å². The van der Waals surface area contributed by atoms with Gasteiger partial charge >= 0.3 is 11.9 Å². The Morgan fingerprint density at radius 3 is 2.57 bits per heavy atom. The monoisotopic (exact) mass is 324 g/mol. The molecular weight excluding hydrogens is 296 g/mol. The normalized spacial score (nSPS) is 23.2. The number of ether oxygens (including phenoxy) is 1. The molecule has 23 heavy (non-hydrogen) atoms. The zero-order chi connectivity index (χ0) is 17.4. The fourth-order valence-electron chi connectivity index (χ4n) is 3.02. The minimum absolute atomic E-state index is 0.103. The molecule has 1 rings (SSSR count). The number of aliphatic hydroxyl groups excluding tert-OH is 1. The van der Waals surface area contributed by atoms with E-state index in [0.717, 1.165) is 37.7 Å². The van der Waals surface area contributed by atoms with Gasteiger partial charge in [0.2, 0.25) is 0 Å². The molecule has 1 aliphatic heterocycles. The van der Waals surface area contributed by atoms with E-state index >= 15 is 0 Å². The van der Waals surface area contributed by atoms with E-state index in [0.29, 0.717) is 5.92 Å². The second kappa shape index (κ2) is 9.50. The zero-order valence-electron chi connectivity index (χ0n) is 14.2. The zero-order valence-corrected chi connectivity index (χ0v) is 14.2. The van der Waals surface area contributed by atoms with Crippen molar-refractivity contribution >= 4 is 11.9 Å². The Morgan fingerprint density at radius 2 is 2.00 bits per heavy atom. The molecule has 5 nitrogen and oxygen atoms in total. The van der Waals surface area contributed by atoms with Crippen molar-refractivity contribution in [3.05, 3.63) is 23.3 Å². The van der Waals surface area contributed by atoms with Gasteiger partial charge in [-0.05, 0) is 44.6 Å². The lowest BCUT2D eigenvalue weighted by atomic mass is 9.91. The minimum atomic E-state index is -0.919. The maximum Gasteiger partial charge on any atom is 0.328 e. The number of cyclic esters (lactones) is 1. The number of carboxylic acids is 1. The molecule has 0 spiro atoms. The second-order valence-electron chi connectivity index (χ2n) is 6.58. The number of aliphatic hydroxyl groups is 1. The number of carbonyl (C=O) groups is 2. The van der Waals surface area contributed by atoms with Crippen molar-refractivity contribution in [1.29, 1.82) is 0 Å². The molecule has 130 valence electrons. The van der Waals surface area contributed by atoms with Crippen LogP contribution >= 0.6 is 0 Å². The third kappa shape index (κ3) is 6.99. The maximum atomic E-state index is 11.1. The Labute approximate surface area is 138 Å². The van der Waals surface area contributed by atoms with Gasteiger partial charge in [0.25, 0.3) is 0 Å². The van der Waals surface area contributed by atoms with Gasteiger partial charge in [-0.1, -0.05) is 31.4 Å². The quantitative estimate of drug-likeness (QED) is 0.279. The summed E-state index contributed by atoms with van der Waals surface area (Å²) in [6.45, 7) is 5.88. The molecular formula is C18H28O5. The van der Waals surface area contributed by atoms with Crippen molar-refractivity contribution in [2.75, 3.05) is 6.61 Å². The summed E-state index contributed by atoms with van der Waals surface area (Å²) in [5.41, 5.74) is 1.94. The Kier molecular flexibility index (Phi) is 8.03. The predicted octanol–water partition coefficient (Wildman–Crippen LogP) is 3.08. The highest BCUT2D eigenvalue weighted by atomic mass is 16.6. The first-order valence-electron chi connectivity index (χ1n) is 8.23. The first kappa shape index (κ1) is 19.4. The van der Waals surface area contributed by atoms with Crippen LogP contribution in [0.15, 0.2) is 23.3 Å². The topological polar surface area (TPSA) is 83.8 Å². The molecule has 3 atom stereocenters. The molecule has 0 radical (unpaired) electrons. The lowest BCUT2D eigenvalue weighted by Gasteiger charge is -2.33. The summed E-state index contributed by atoms with van der Waals surface area (Å²) < 4.78 is 5.03. The van der Waals surface area contributed by atoms with Crippen LogP contribution in [0.5, 0.6) is 0 Å². The van der Waals surface area contributed by atoms with E-state index in [1.807, 2.05) is 13.0 Å². The van der Waals surface area contributed by atoms with E-state index in [-0.39, 0.29) is 24.6 Å². The number of unbranched alkanes of at least 4 members (excludes halogenated alkanes) is 1. The van der Waals surface area contributed by atoms with Gasteiger partial charge in [0.1, 0.15) is 12.0 Å². The van der Waals surface area contributed by atoms with Gasteiger partial charge in [-0.15, -0.1) is 0 Å². The third-order valence-corrected chi connectivity index (χ3v) is 4.15. The molecule has 0 aromatic carbocycles. The van der Waals surface area contributed by atoms with E-state index in [2.05, 4.69) is 6.92 Å². The van der Waals surface area contributed by atoms with Gasteiger partial charge in [0.15, 0.2) is 0 Å². The molecule has 2 N–H and O–H groups in total. The molecule has 1 heterocycles. The van der Waals surface area contributed by atoms with Crippen molar-refractivity contribution in [1.82, 2.24) is 0 Å². The number of hydrogen-bond donors (Lipinski definition) is 2. The SMILES string of the molecule is CC(=CC(=O)O)C=C(C)C[C@H](C)CCCC[C@H]1OC(=O)[C@@H]1CO. The minimum Gasteiger partial charge on any atom is -0.478 e. The summed E-state index contributed by atoms with van der Waals surface area (Å²) in [4.78, 5) is 21.6. The summed E-state index contributed by atoms with van der Waals surface area (Å²) in [6, 6.07) is 0. The molecule has 0 unspecified atom stereocenters. The largest absolute Gasteiger partial charge is 0.478 e. The Balaban J connectivity index is 2.21. The molecule has 1 aliphatic rings. The van der Waals surface area contributed by atoms with Crippen LogP contribution in [0.4, 0.5) is 0 Å². The number of esters is 1. The smallest absolute Gasteiger partial charge is 0.328 e. The third-order valence-electron chi connectivity index (χ3n) is 4.15. The van der Waals surface area contributed by atoms with E-state index in [1.165, 1.54) is 11.6 Å². The summed E-state index contributed by atoms with van der Waals surface area (Å²) in [5.74, 6) is -0.989. The standard InChI is InChI=1S/C18H28O5/c1-12(8-13(2)9-14(3)10-17(20)21)6-4-5-7-16-15(11-19)18(22)23-16/h9-10,12,15-16,19H,4-8,11H2,1-3H3,(H,20,21)/t12-,15-,16-/m1/s1. The van der Waals surface area contributed by atoms with Gasteiger partial charge in [-0.2, -0.15) is 0 Å². The molecule has 0 bridgehead atoms. The molecule has 5 heteroatoms. The molecule has 1 saturated heterocycles. The number of hydrogen-bond acceptors (Lipinski definition) is 4. The van der Waals surface area contributed by atoms with Crippen molar-refractivity contribution in [2.24, 2.45) is 11.8 Å². The highest BCUT2D eigenvalue weighted by Crippen LogP contribution is 2.27. The lowest BCUT2D eigenvalue weighted by Crippen LogP contribution is -2.47. The summed E-state index contributed by atoms with van der Waals surface area (Å²) in [7, 11) is 0. The van der Waals surface area contributed by atoms with Crippen LogP contribution < -0.4 is 0 Å². The average molecular weight is 324 g/mol. The highest BCUT2D eigenvalue weighted by Gasteiger charge is 2.41. The van der Waals surface area contributed by atoms with Crippen LogP contribution in [0.25, 0.3) is 0 Å². The Morgan fingerprint density at radius 1 is 1.30 bits per heavy atom. The Hall–Kier alpha value is -1.62. The van der Waals surface area contributed by atoms with Gasteiger partial charge in [0, 0.05) is 6.08 Å². The summed E-state index contributed by atoms with van der Waals surface area (Å²) in [5, 5.41) is 17.7.